The van der Waals surface area contributed by atoms with Crippen molar-refractivity contribution in [2.45, 2.75) is 45.2 Å². The average molecular weight is 414 g/mol. The summed E-state index contributed by atoms with van der Waals surface area (Å²) in [6.07, 6.45) is 7.33. The molecule has 1 saturated carbocycles. The van der Waals surface area contributed by atoms with E-state index in [-0.39, 0.29) is 11.8 Å². The van der Waals surface area contributed by atoms with Crippen molar-refractivity contribution in [3.05, 3.63) is 84.2 Å². The van der Waals surface area contributed by atoms with Crippen molar-refractivity contribution in [1.82, 2.24) is 10.3 Å². The Morgan fingerprint density at radius 3 is 2.23 bits per heavy atom. The summed E-state index contributed by atoms with van der Waals surface area (Å²) >= 11 is 0. The maximum absolute atomic E-state index is 12.4. The van der Waals surface area contributed by atoms with Crippen LogP contribution in [0.3, 0.4) is 0 Å². The normalized spacial score (nSPS) is 13.3. The highest BCUT2D eigenvalue weighted by molar-refractivity contribution is 5.95. The van der Waals surface area contributed by atoms with Gasteiger partial charge in [-0.1, -0.05) is 37.3 Å². The molecule has 1 heterocycles. The van der Waals surface area contributed by atoms with Gasteiger partial charge in [0.25, 0.3) is 5.91 Å². The van der Waals surface area contributed by atoms with Crippen molar-refractivity contribution in [3.8, 4) is 11.1 Å². The average Bonchev–Trinajstić information content (AvgIpc) is 2.80. The lowest BCUT2D eigenvalue weighted by Gasteiger charge is -2.37. The molecule has 0 saturated heterocycles. The van der Waals surface area contributed by atoms with Gasteiger partial charge in [-0.3, -0.25) is 14.6 Å². The van der Waals surface area contributed by atoms with E-state index in [2.05, 4.69) is 10.3 Å². The first-order valence-corrected chi connectivity index (χ1v) is 10.9. The molecule has 0 aliphatic heterocycles. The number of hydrogen-bond acceptors (Lipinski definition) is 3. The number of anilines is 1. The van der Waals surface area contributed by atoms with Crippen LogP contribution in [0, 0.1) is 0 Å². The molecule has 1 aliphatic carbocycles. The number of amides is 2. The summed E-state index contributed by atoms with van der Waals surface area (Å²) in [4.78, 5) is 30.9. The van der Waals surface area contributed by atoms with Crippen molar-refractivity contribution in [2.24, 2.45) is 0 Å². The van der Waals surface area contributed by atoms with Crippen LogP contribution < -0.4 is 10.2 Å². The third-order valence-corrected chi connectivity index (χ3v) is 5.81. The number of nitrogens with one attached hydrogen (secondary N) is 1. The summed E-state index contributed by atoms with van der Waals surface area (Å²) in [6, 6.07) is 19.8. The Morgan fingerprint density at radius 1 is 1.00 bits per heavy atom. The monoisotopic (exact) mass is 413 g/mol. The molecule has 1 fully saturated rings. The van der Waals surface area contributed by atoms with Crippen molar-refractivity contribution in [1.29, 1.82) is 0 Å². The zero-order valence-corrected chi connectivity index (χ0v) is 17.8. The third-order valence-electron chi connectivity index (χ3n) is 5.81. The van der Waals surface area contributed by atoms with E-state index >= 15 is 0 Å². The smallest absolute Gasteiger partial charge is 0.251 e. The minimum absolute atomic E-state index is 0.111. The molecule has 4 rings (SSSR count). The topological polar surface area (TPSA) is 62.3 Å². The summed E-state index contributed by atoms with van der Waals surface area (Å²) in [5.41, 5.74) is 4.64. The molecular weight excluding hydrogens is 386 g/mol. The molecule has 0 unspecified atom stereocenters. The second-order valence-corrected chi connectivity index (χ2v) is 7.87. The maximum atomic E-state index is 12.4. The summed E-state index contributed by atoms with van der Waals surface area (Å²) in [7, 11) is 0. The Kier molecular flexibility index (Phi) is 6.41. The van der Waals surface area contributed by atoms with Crippen LogP contribution in [0.25, 0.3) is 11.1 Å². The van der Waals surface area contributed by atoms with E-state index in [4.69, 9.17) is 0 Å². The van der Waals surface area contributed by atoms with E-state index in [1.165, 1.54) is 6.42 Å². The van der Waals surface area contributed by atoms with E-state index in [1.54, 1.807) is 12.4 Å². The van der Waals surface area contributed by atoms with Gasteiger partial charge in [0.1, 0.15) is 0 Å². The first-order valence-electron chi connectivity index (χ1n) is 10.9. The second kappa shape index (κ2) is 9.56. The van der Waals surface area contributed by atoms with Crippen LogP contribution in [0.2, 0.25) is 0 Å². The molecule has 2 aromatic carbocycles. The fourth-order valence-corrected chi connectivity index (χ4v) is 3.79. The van der Waals surface area contributed by atoms with Crippen LogP contribution in [-0.2, 0) is 11.3 Å². The largest absolute Gasteiger partial charge is 0.348 e. The molecule has 1 aromatic heterocycles. The fourth-order valence-electron chi connectivity index (χ4n) is 3.79. The van der Waals surface area contributed by atoms with E-state index in [1.807, 2.05) is 72.5 Å². The minimum atomic E-state index is -0.111. The Balaban J connectivity index is 1.42. The van der Waals surface area contributed by atoms with E-state index < -0.39 is 0 Å². The minimum Gasteiger partial charge on any atom is -0.348 e. The molecule has 31 heavy (non-hydrogen) atoms. The Labute approximate surface area is 183 Å². The number of pyridine rings is 1. The van der Waals surface area contributed by atoms with Gasteiger partial charge in [-0.05, 0) is 66.3 Å². The lowest BCUT2D eigenvalue weighted by molar-refractivity contribution is -0.119. The van der Waals surface area contributed by atoms with E-state index in [9.17, 15) is 9.59 Å². The number of aromatic nitrogens is 1. The van der Waals surface area contributed by atoms with Gasteiger partial charge in [0.15, 0.2) is 0 Å². The highest BCUT2D eigenvalue weighted by Crippen LogP contribution is 2.31. The zero-order valence-electron chi connectivity index (χ0n) is 17.8. The molecule has 0 spiro atoms. The van der Waals surface area contributed by atoms with Gasteiger partial charge in [-0.2, -0.15) is 0 Å². The summed E-state index contributed by atoms with van der Waals surface area (Å²) in [5.74, 6) is 0.0686. The standard InChI is InChI=1S/C26H27N3O2/c1-2-25(30)29(23-6-3-7-23)24-14-12-21(13-15-24)20-8-10-22(11-9-20)26(31)28-18-19-5-4-16-27-17-19/h4-5,8-17,23H,2-3,6-7,18H2,1H3,(H,28,31). The highest BCUT2D eigenvalue weighted by Gasteiger charge is 2.29. The Hall–Kier alpha value is -3.47. The maximum Gasteiger partial charge on any atom is 0.251 e. The van der Waals surface area contributed by atoms with Gasteiger partial charge in [-0.25, -0.2) is 0 Å². The number of carbonyl (C=O) groups excluding carboxylic acids is 2. The predicted molar refractivity (Wildman–Crippen MR) is 123 cm³/mol. The van der Waals surface area contributed by atoms with Crippen molar-refractivity contribution in [3.63, 3.8) is 0 Å². The van der Waals surface area contributed by atoms with Gasteiger partial charge >= 0.3 is 0 Å². The molecule has 0 bridgehead atoms. The van der Waals surface area contributed by atoms with Gasteiger partial charge in [0, 0.05) is 42.7 Å². The number of carbonyl (C=O) groups is 2. The van der Waals surface area contributed by atoms with Crippen molar-refractivity contribution in [2.75, 3.05) is 4.90 Å². The molecule has 0 radical (unpaired) electrons. The van der Waals surface area contributed by atoms with Crippen molar-refractivity contribution < 1.29 is 9.59 Å². The summed E-state index contributed by atoms with van der Waals surface area (Å²) in [5, 5.41) is 2.92. The molecule has 158 valence electrons. The number of nitrogens with zero attached hydrogens (tertiary/aromatic N) is 2. The summed E-state index contributed by atoms with van der Waals surface area (Å²) in [6.45, 7) is 2.36. The molecule has 1 N–H and O–H groups in total. The van der Waals surface area contributed by atoms with Crippen LogP contribution in [0.5, 0.6) is 0 Å². The van der Waals surface area contributed by atoms with Gasteiger partial charge in [0.05, 0.1) is 0 Å². The molecule has 5 nitrogen and oxygen atoms in total. The quantitative estimate of drug-likeness (QED) is 0.595. The Bertz CT molecular complexity index is 1030. The molecule has 3 aromatic rings. The van der Waals surface area contributed by atoms with Crippen LogP contribution in [0.15, 0.2) is 73.1 Å². The Morgan fingerprint density at radius 2 is 1.68 bits per heavy atom. The van der Waals surface area contributed by atoms with Crippen LogP contribution in [0.1, 0.15) is 48.5 Å². The van der Waals surface area contributed by atoms with Gasteiger partial charge in [-0.15, -0.1) is 0 Å². The summed E-state index contributed by atoms with van der Waals surface area (Å²) < 4.78 is 0. The number of hydrogen-bond donors (Lipinski definition) is 1. The van der Waals surface area contributed by atoms with Crippen molar-refractivity contribution >= 4 is 17.5 Å². The van der Waals surface area contributed by atoms with Gasteiger partial charge < -0.3 is 10.2 Å². The first-order chi connectivity index (χ1) is 15.2. The lowest BCUT2D eigenvalue weighted by atomic mass is 9.90. The second-order valence-electron chi connectivity index (χ2n) is 7.87. The molecule has 1 aliphatic rings. The fraction of sp³-hybridized carbons (Fsp3) is 0.269. The zero-order chi connectivity index (χ0) is 21.6. The van der Waals surface area contributed by atoms with Crippen LogP contribution in [-0.4, -0.2) is 22.8 Å². The molecular formula is C26H27N3O2. The predicted octanol–water partition coefficient (Wildman–Crippen LogP) is 4.97. The van der Waals surface area contributed by atoms with Gasteiger partial charge in [0.2, 0.25) is 5.91 Å². The first kappa shape index (κ1) is 20.8. The highest BCUT2D eigenvalue weighted by atomic mass is 16.2. The number of rotatable bonds is 7. The SMILES string of the molecule is CCC(=O)N(c1ccc(-c2ccc(C(=O)NCc3cccnc3)cc2)cc1)C1CCC1. The van der Waals surface area contributed by atoms with Crippen LogP contribution in [0.4, 0.5) is 5.69 Å². The lowest BCUT2D eigenvalue weighted by Crippen LogP contribution is -2.44. The molecule has 0 atom stereocenters. The molecule has 2 amide bonds. The van der Waals surface area contributed by atoms with Crippen LogP contribution >= 0.6 is 0 Å². The third kappa shape index (κ3) is 4.82. The van der Waals surface area contributed by atoms with E-state index in [0.717, 1.165) is 35.2 Å². The number of benzene rings is 2. The molecule has 5 heteroatoms. The van der Waals surface area contributed by atoms with E-state index in [0.29, 0.717) is 24.6 Å².